The normalized spacial score (nSPS) is 16.9. The lowest BCUT2D eigenvalue weighted by molar-refractivity contribution is -0.176. The Bertz CT molecular complexity index is 3300. The monoisotopic (exact) mass is 1200 g/mol. The van der Waals surface area contributed by atoms with E-state index in [-0.39, 0.29) is 29.9 Å². The number of benzene rings is 7. The van der Waals surface area contributed by atoms with Crippen molar-refractivity contribution >= 4 is 80.3 Å². The standard InChI is InChI=1S/C64H54IN5O7S2/c65-40-47-41-78-59-53(58(72)70(59)54(47)60(73)75-55(43-24-8-1-9-25-43)44-26-10-2-11-27-44)67-57(71)52(69-77-63(38-22-23-39-63)61(74)76-56(45-28-12-3-13-29-45)46-30-14-4-15-31-46)51-42-79-62(66-51)68-64(48-32-16-5-17-33-48,49-34-18-6-19-35-49)50-36-20-7-21-37-50/h1-21,24-37,42,53,55-56,59H,22-23,38-41H2,(H,66,68)(H,67,71)/b69-52-/t53?,59-/m0/s1. The second-order valence-electron chi connectivity index (χ2n) is 19.4. The van der Waals surface area contributed by atoms with Gasteiger partial charge in [-0.3, -0.25) is 14.5 Å². The summed E-state index contributed by atoms with van der Waals surface area (Å²) in [6.45, 7) is 0. The van der Waals surface area contributed by atoms with Crippen LogP contribution in [-0.2, 0) is 39.0 Å². The van der Waals surface area contributed by atoms with E-state index >= 15 is 4.79 Å². The third kappa shape index (κ3) is 11.0. The summed E-state index contributed by atoms with van der Waals surface area (Å²) in [7, 11) is 0. The highest BCUT2D eigenvalue weighted by atomic mass is 127. The Kier molecular flexibility index (Phi) is 16.2. The molecule has 1 unspecified atom stereocenters. The number of ether oxygens (including phenoxy) is 2. The van der Waals surface area contributed by atoms with E-state index in [4.69, 9.17) is 19.3 Å². The maximum Gasteiger partial charge on any atom is 0.356 e. The van der Waals surface area contributed by atoms with Crippen molar-refractivity contribution in [2.45, 2.75) is 60.4 Å². The molecule has 0 bridgehead atoms. The van der Waals surface area contributed by atoms with Crippen LogP contribution in [0.2, 0.25) is 0 Å². The lowest BCUT2D eigenvalue weighted by Crippen LogP contribution is -2.71. The van der Waals surface area contributed by atoms with Gasteiger partial charge in [-0.15, -0.1) is 23.1 Å². The van der Waals surface area contributed by atoms with Gasteiger partial charge in [0, 0.05) is 28.4 Å². The molecule has 11 rings (SSSR count). The molecule has 1 aromatic heterocycles. The van der Waals surface area contributed by atoms with Gasteiger partial charge in [0.25, 0.3) is 11.8 Å². The van der Waals surface area contributed by atoms with Gasteiger partial charge in [0.05, 0.1) is 0 Å². The summed E-state index contributed by atoms with van der Waals surface area (Å²) >= 11 is 4.92. The number of amides is 2. The Morgan fingerprint density at radius 2 is 1.10 bits per heavy atom. The fraction of sp³-hybridized carbons (Fsp3) is 0.188. The predicted molar refractivity (Wildman–Crippen MR) is 316 cm³/mol. The predicted octanol–water partition coefficient (Wildman–Crippen LogP) is 12.3. The van der Waals surface area contributed by atoms with Gasteiger partial charge in [0.2, 0.25) is 5.60 Å². The van der Waals surface area contributed by atoms with Gasteiger partial charge in [-0.25, -0.2) is 14.6 Å². The molecule has 2 amide bonds. The molecule has 3 aliphatic rings. The van der Waals surface area contributed by atoms with Crippen molar-refractivity contribution in [1.82, 2.24) is 15.2 Å². The Labute approximate surface area is 480 Å². The van der Waals surface area contributed by atoms with Gasteiger partial charge >= 0.3 is 11.9 Å². The average Bonchev–Trinajstić information content (AvgIpc) is 4.34. The van der Waals surface area contributed by atoms with Crippen LogP contribution in [0.4, 0.5) is 5.13 Å². The van der Waals surface area contributed by atoms with E-state index in [0.717, 1.165) is 44.5 Å². The van der Waals surface area contributed by atoms with Crippen LogP contribution in [-0.4, -0.2) is 66.5 Å². The van der Waals surface area contributed by atoms with Crippen molar-refractivity contribution < 1.29 is 33.5 Å². The second-order valence-corrected chi connectivity index (χ2v) is 22.1. The molecule has 7 aromatic carbocycles. The first kappa shape index (κ1) is 53.2. The summed E-state index contributed by atoms with van der Waals surface area (Å²) < 4.78 is 13.2. The number of esters is 2. The number of rotatable bonds is 19. The summed E-state index contributed by atoms with van der Waals surface area (Å²) in [4.78, 5) is 72.0. The zero-order valence-corrected chi connectivity index (χ0v) is 46.5. The van der Waals surface area contributed by atoms with Gasteiger partial charge in [-0.2, -0.15) is 0 Å². The summed E-state index contributed by atoms with van der Waals surface area (Å²) in [5, 5.41) is 12.9. The lowest BCUT2D eigenvalue weighted by atomic mass is 9.77. The second kappa shape index (κ2) is 24.0. The first-order valence-electron chi connectivity index (χ1n) is 26.1. The zero-order valence-electron chi connectivity index (χ0n) is 42.7. The number of oxime groups is 1. The first-order chi connectivity index (χ1) is 38.8. The van der Waals surface area contributed by atoms with Gasteiger partial charge in [0.15, 0.2) is 23.1 Å². The third-order valence-electron chi connectivity index (χ3n) is 14.5. The van der Waals surface area contributed by atoms with E-state index in [1.807, 2.05) is 176 Å². The average molecular weight is 1200 g/mol. The van der Waals surface area contributed by atoms with Crippen molar-refractivity contribution in [3.8, 4) is 0 Å². The fourth-order valence-electron chi connectivity index (χ4n) is 10.5. The van der Waals surface area contributed by atoms with Gasteiger partial charge < -0.3 is 24.9 Å². The molecule has 2 fully saturated rings. The fourth-order valence-corrected chi connectivity index (χ4v) is 13.6. The van der Waals surface area contributed by atoms with Crippen LogP contribution in [0.5, 0.6) is 0 Å². The molecular weight excluding hydrogens is 1140 g/mol. The molecule has 2 N–H and O–H groups in total. The van der Waals surface area contributed by atoms with Crippen molar-refractivity contribution in [3.05, 3.63) is 274 Å². The molecule has 12 nitrogen and oxygen atoms in total. The maximum absolute atomic E-state index is 15.2. The van der Waals surface area contributed by atoms with Crippen LogP contribution in [0.1, 0.15) is 82.5 Å². The number of hydrogen-bond donors (Lipinski definition) is 2. The van der Waals surface area contributed by atoms with Crippen LogP contribution in [0, 0.1) is 0 Å². The molecule has 0 spiro atoms. The van der Waals surface area contributed by atoms with E-state index < -0.39 is 58.5 Å². The number of alkyl halides is 1. The van der Waals surface area contributed by atoms with Crippen molar-refractivity contribution in [1.29, 1.82) is 0 Å². The number of carbonyl (C=O) groups is 4. The number of fused-ring (bicyclic) bond motifs is 1. The van der Waals surface area contributed by atoms with E-state index in [1.54, 1.807) is 5.38 Å². The number of carbonyl (C=O) groups excluding carboxylic acids is 4. The van der Waals surface area contributed by atoms with Crippen molar-refractivity contribution in [2.24, 2.45) is 5.16 Å². The molecule has 2 aliphatic heterocycles. The lowest BCUT2D eigenvalue weighted by Gasteiger charge is -2.49. The number of aromatic nitrogens is 1. The molecule has 79 heavy (non-hydrogen) atoms. The third-order valence-corrected chi connectivity index (χ3v) is 17.5. The highest BCUT2D eigenvalue weighted by Gasteiger charge is 2.55. The van der Waals surface area contributed by atoms with E-state index in [9.17, 15) is 14.4 Å². The van der Waals surface area contributed by atoms with Crippen LogP contribution >= 0.6 is 45.7 Å². The van der Waals surface area contributed by atoms with Crippen molar-refractivity contribution in [2.75, 3.05) is 15.5 Å². The zero-order chi connectivity index (χ0) is 54.2. The summed E-state index contributed by atoms with van der Waals surface area (Å²) in [5.74, 6) is -2.08. The molecule has 8 aromatic rings. The molecule has 0 radical (unpaired) electrons. The van der Waals surface area contributed by atoms with Crippen LogP contribution < -0.4 is 10.6 Å². The smallest absolute Gasteiger partial charge is 0.356 e. The minimum absolute atomic E-state index is 0.144. The highest BCUT2D eigenvalue weighted by Crippen LogP contribution is 2.44. The van der Waals surface area contributed by atoms with Crippen molar-refractivity contribution in [3.63, 3.8) is 0 Å². The molecule has 396 valence electrons. The molecule has 1 aliphatic carbocycles. The van der Waals surface area contributed by atoms with E-state index in [1.165, 1.54) is 28.0 Å². The Hall–Kier alpha value is -7.86. The van der Waals surface area contributed by atoms with Gasteiger partial charge in [-0.05, 0) is 57.4 Å². The maximum atomic E-state index is 15.2. The molecule has 2 atom stereocenters. The minimum atomic E-state index is -1.55. The van der Waals surface area contributed by atoms with Crippen LogP contribution in [0.25, 0.3) is 0 Å². The largest absolute Gasteiger partial charge is 0.450 e. The topological polar surface area (TPSA) is 149 Å². The van der Waals surface area contributed by atoms with Gasteiger partial charge in [0.1, 0.15) is 28.3 Å². The quantitative estimate of drug-likeness (QED) is 0.0152. The Morgan fingerprint density at radius 1 is 0.658 bits per heavy atom. The Morgan fingerprint density at radius 3 is 1.56 bits per heavy atom. The SMILES string of the molecule is O=C(OC(c1ccccc1)c1ccccc1)C1=C(CI)CS[C@H]2C(NC(=O)/C(=N\OC3(C(=O)OC(c4ccccc4)c4ccccc4)CCCC3)c3csc(NC(c4ccccc4)(c4ccccc4)c4ccccc4)n3)C(=O)N12. The molecule has 1 saturated carbocycles. The Balaban J connectivity index is 0.929. The van der Waals surface area contributed by atoms with E-state index in [2.05, 4.69) is 74.8 Å². The number of nitrogens with one attached hydrogen (secondary N) is 2. The number of thioether (sulfide) groups is 1. The van der Waals surface area contributed by atoms with Gasteiger partial charge in [-0.1, -0.05) is 240 Å². The molecule has 3 heterocycles. The number of anilines is 1. The molecule has 1 saturated heterocycles. The number of hydrogen-bond acceptors (Lipinski definition) is 12. The minimum Gasteiger partial charge on any atom is -0.450 e. The highest BCUT2D eigenvalue weighted by molar-refractivity contribution is 14.1. The number of nitrogens with zero attached hydrogens (tertiary/aromatic N) is 3. The van der Waals surface area contributed by atoms with Crippen LogP contribution in [0.15, 0.2) is 234 Å². The number of thiazole rings is 1. The summed E-state index contributed by atoms with van der Waals surface area (Å²) in [6, 6.07) is 67.2. The number of β-lactam (4-membered cyclic amide) rings is 1. The number of halogens is 1. The summed E-state index contributed by atoms with van der Waals surface area (Å²) in [5.41, 5.74) is 4.26. The van der Waals surface area contributed by atoms with Crippen LogP contribution in [0.3, 0.4) is 0 Å². The molecular formula is C64H54IN5O7S2. The first-order valence-corrected chi connectivity index (χ1v) is 29.5. The summed E-state index contributed by atoms with van der Waals surface area (Å²) in [6.07, 6.45) is 0.383. The van der Waals surface area contributed by atoms with E-state index in [0.29, 0.717) is 28.2 Å². The molecule has 15 heteroatoms.